The minimum Gasteiger partial charge on any atom is -0.361 e. The number of aromatic nitrogens is 1. The molecule has 6 nitrogen and oxygen atoms in total. The number of nitrogens with one attached hydrogen (secondary N) is 4. The molecule has 30 heavy (non-hydrogen) atoms. The Bertz CT molecular complexity index is 1070. The quantitative estimate of drug-likeness (QED) is 0.375. The Morgan fingerprint density at radius 3 is 2.83 bits per heavy atom. The lowest BCUT2D eigenvalue weighted by Gasteiger charge is -2.26. The summed E-state index contributed by atoms with van der Waals surface area (Å²) in [5.74, 6) is 0.955. The maximum atomic E-state index is 12.0. The number of guanidine groups is 1. The van der Waals surface area contributed by atoms with Crippen molar-refractivity contribution in [3.63, 3.8) is 0 Å². The summed E-state index contributed by atoms with van der Waals surface area (Å²) in [6, 6.07) is 14.5. The molecule has 156 valence electrons. The summed E-state index contributed by atoms with van der Waals surface area (Å²) in [6.45, 7) is 3.63. The zero-order chi connectivity index (χ0) is 20.9. The molecule has 0 fully saturated rings. The van der Waals surface area contributed by atoms with Gasteiger partial charge in [-0.05, 0) is 35.6 Å². The zero-order valence-electron chi connectivity index (χ0n) is 17.6. The number of hydrogen-bond acceptors (Lipinski definition) is 2. The number of benzene rings is 2. The Kier molecular flexibility index (Phi) is 6.02. The highest BCUT2D eigenvalue weighted by atomic mass is 16.1. The Labute approximate surface area is 177 Å². The van der Waals surface area contributed by atoms with Gasteiger partial charge in [0, 0.05) is 55.3 Å². The molecule has 0 spiro atoms. The van der Waals surface area contributed by atoms with E-state index in [1.165, 1.54) is 27.6 Å². The first-order valence-electron chi connectivity index (χ1n) is 10.6. The van der Waals surface area contributed by atoms with E-state index < -0.39 is 0 Å². The molecule has 1 atom stereocenters. The van der Waals surface area contributed by atoms with Crippen molar-refractivity contribution in [1.29, 1.82) is 0 Å². The van der Waals surface area contributed by atoms with Gasteiger partial charge >= 0.3 is 0 Å². The molecule has 0 radical (unpaired) electrons. The SMILES string of the molecule is CCc1cccc2c(CCNC(=NC)NCC3CC(=O)Nc4ccccc43)c[nH]c12. The number of rotatable bonds is 6. The third-order valence-electron chi connectivity index (χ3n) is 5.80. The highest BCUT2D eigenvalue weighted by Crippen LogP contribution is 2.31. The van der Waals surface area contributed by atoms with E-state index in [4.69, 9.17) is 0 Å². The molecule has 1 aromatic heterocycles. The summed E-state index contributed by atoms with van der Waals surface area (Å²) in [5, 5.41) is 11.0. The highest BCUT2D eigenvalue weighted by Gasteiger charge is 2.24. The fourth-order valence-electron chi connectivity index (χ4n) is 4.22. The second-order valence-electron chi connectivity index (χ2n) is 7.67. The number of hydrogen-bond donors (Lipinski definition) is 4. The Hall–Kier alpha value is -3.28. The van der Waals surface area contributed by atoms with Gasteiger partial charge < -0.3 is 20.9 Å². The van der Waals surface area contributed by atoms with E-state index in [0.717, 1.165) is 31.0 Å². The highest BCUT2D eigenvalue weighted by molar-refractivity contribution is 5.95. The predicted molar refractivity (Wildman–Crippen MR) is 123 cm³/mol. The molecule has 4 rings (SSSR count). The van der Waals surface area contributed by atoms with Crippen LogP contribution in [-0.4, -0.2) is 37.0 Å². The Morgan fingerprint density at radius 1 is 1.13 bits per heavy atom. The molecule has 0 saturated carbocycles. The van der Waals surface area contributed by atoms with Crippen molar-refractivity contribution in [3.05, 3.63) is 65.4 Å². The molecule has 1 aliphatic heterocycles. The minimum absolute atomic E-state index is 0.0641. The number of aromatic amines is 1. The minimum atomic E-state index is 0.0641. The maximum absolute atomic E-state index is 12.0. The van der Waals surface area contributed by atoms with Gasteiger partial charge in [-0.25, -0.2) is 0 Å². The Balaban J connectivity index is 1.34. The van der Waals surface area contributed by atoms with Crippen molar-refractivity contribution in [2.75, 3.05) is 25.5 Å². The average molecular weight is 404 g/mol. The summed E-state index contributed by atoms with van der Waals surface area (Å²) in [7, 11) is 1.77. The second kappa shape index (κ2) is 9.03. The van der Waals surface area contributed by atoms with E-state index in [9.17, 15) is 4.79 Å². The first-order valence-corrected chi connectivity index (χ1v) is 10.6. The van der Waals surface area contributed by atoms with Gasteiger partial charge in [0.05, 0.1) is 0 Å². The van der Waals surface area contributed by atoms with Gasteiger partial charge in [0.1, 0.15) is 0 Å². The number of carbonyl (C=O) groups excluding carboxylic acids is 1. The molecular formula is C24H29N5O. The molecule has 0 saturated heterocycles. The van der Waals surface area contributed by atoms with Crippen LogP contribution in [0.15, 0.2) is 53.7 Å². The van der Waals surface area contributed by atoms with Gasteiger partial charge in [-0.2, -0.15) is 0 Å². The molecule has 3 aromatic rings. The summed E-state index contributed by atoms with van der Waals surface area (Å²) in [4.78, 5) is 19.8. The molecule has 0 aliphatic carbocycles. The lowest BCUT2D eigenvalue weighted by atomic mass is 9.90. The van der Waals surface area contributed by atoms with Crippen LogP contribution < -0.4 is 16.0 Å². The average Bonchev–Trinajstić information content (AvgIpc) is 3.19. The first kappa shape index (κ1) is 20.0. The molecule has 2 heterocycles. The molecule has 2 aromatic carbocycles. The standard InChI is InChI=1S/C24H29N5O/c1-3-16-7-6-9-20-17(14-27-23(16)20)11-12-26-24(25-2)28-15-18-13-22(30)29-21-10-5-4-8-19(18)21/h4-10,14,18,27H,3,11-13,15H2,1-2H3,(H,29,30)(H2,25,26,28). The number of fused-ring (bicyclic) bond motifs is 2. The van der Waals surface area contributed by atoms with Crippen molar-refractivity contribution in [2.45, 2.75) is 32.1 Å². The molecule has 0 bridgehead atoms. The van der Waals surface area contributed by atoms with E-state index >= 15 is 0 Å². The molecule has 1 aliphatic rings. The smallest absolute Gasteiger partial charge is 0.225 e. The van der Waals surface area contributed by atoms with Crippen LogP contribution in [0.25, 0.3) is 10.9 Å². The van der Waals surface area contributed by atoms with Crippen LogP contribution in [-0.2, 0) is 17.6 Å². The van der Waals surface area contributed by atoms with Crippen LogP contribution in [0, 0.1) is 0 Å². The van der Waals surface area contributed by atoms with Crippen LogP contribution in [0.2, 0.25) is 0 Å². The van der Waals surface area contributed by atoms with Gasteiger partial charge in [-0.15, -0.1) is 0 Å². The normalized spacial score (nSPS) is 16.3. The number of aliphatic imine (C=N–C) groups is 1. The van der Waals surface area contributed by atoms with Crippen LogP contribution in [0.3, 0.4) is 0 Å². The van der Waals surface area contributed by atoms with Crippen LogP contribution in [0.4, 0.5) is 5.69 Å². The topological polar surface area (TPSA) is 81.3 Å². The van der Waals surface area contributed by atoms with E-state index in [2.05, 4.69) is 63.3 Å². The lowest BCUT2D eigenvalue weighted by molar-refractivity contribution is -0.116. The van der Waals surface area contributed by atoms with Crippen molar-refractivity contribution >= 4 is 28.5 Å². The molecule has 6 heteroatoms. The number of anilines is 1. The van der Waals surface area contributed by atoms with Crippen molar-refractivity contribution in [1.82, 2.24) is 15.6 Å². The Morgan fingerprint density at radius 2 is 2.00 bits per heavy atom. The van der Waals surface area contributed by atoms with Crippen molar-refractivity contribution in [3.8, 4) is 0 Å². The van der Waals surface area contributed by atoms with E-state index in [1.807, 2.05) is 18.2 Å². The summed E-state index contributed by atoms with van der Waals surface area (Å²) in [5.41, 5.74) is 5.98. The molecule has 1 amide bonds. The van der Waals surface area contributed by atoms with E-state index in [0.29, 0.717) is 13.0 Å². The summed E-state index contributed by atoms with van der Waals surface area (Å²) in [6.07, 6.45) is 4.52. The number of carbonyl (C=O) groups is 1. The van der Waals surface area contributed by atoms with Crippen molar-refractivity contribution in [2.24, 2.45) is 4.99 Å². The number of nitrogens with zero attached hydrogens (tertiary/aromatic N) is 1. The molecule has 4 N–H and O–H groups in total. The largest absolute Gasteiger partial charge is 0.361 e. The first-order chi connectivity index (χ1) is 14.7. The third-order valence-corrected chi connectivity index (χ3v) is 5.80. The van der Waals surface area contributed by atoms with Crippen LogP contribution in [0.5, 0.6) is 0 Å². The number of para-hydroxylation sites is 2. The summed E-state index contributed by atoms with van der Waals surface area (Å²) >= 11 is 0. The van der Waals surface area contributed by atoms with E-state index in [1.54, 1.807) is 7.05 Å². The van der Waals surface area contributed by atoms with Gasteiger partial charge in [0.15, 0.2) is 5.96 Å². The number of amides is 1. The number of aryl methyl sites for hydroxylation is 1. The molecule has 1 unspecified atom stereocenters. The lowest BCUT2D eigenvalue weighted by Crippen LogP contribution is -2.41. The monoisotopic (exact) mass is 403 g/mol. The predicted octanol–water partition coefficient (Wildman–Crippen LogP) is 3.56. The van der Waals surface area contributed by atoms with Gasteiger partial charge in [0.2, 0.25) is 5.91 Å². The molecular weight excluding hydrogens is 374 g/mol. The van der Waals surface area contributed by atoms with Crippen molar-refractivity contribution < 1.29 is 4.79 Å². The second-order valence-corrected chi connectivity index (χ2v) is 7.67. The fourth-order valence-corrected chi connectivity index (χ4v) is 4.22. The van der Waals surface area contributed by atoms with Gasteiger partial charge in [-0.3, -0.25) is 9.79 Å². The maximum Gasteiger partial charge on any atom is 0.225 e. The van der Waals surface area contributed by atoms with Crippen LogP contribution in [0.1, 0.15) is 36.0 Å². The summed E-state index contributed by atoms with van der Waals surface area (Å²) < 4.78 is 0. The van der Waals surface area contributed by atoms with E-state index in [-0.39, 0.29) is 11.8 Å². The zero-order valence-corrected chi connectivity index (χ0v) is 17.6. The van der Waals surface area contributed by atoms with Gasteiger partial charge in [-0.1, -0.05) is 43.3 Å². The fraction of sp³-hybridized carbons (Fsp3) is 0.333. The van der Waals surface area contributed by atoms with Crippen LogP contribution >= 0.6 is 0 Å². The third kappa shape index (κ3) is 4.17. The number of H-pyrrole nitrogens is 1. The van der Waals surface area contributed by atoms with Gasteiger partial charge in [0.25, 0.3) is 0 Å².